The molecule has 0 spiro atoms. The van der Waals surface area contributed by atoms with Gasteiger partial charge in [-0.15, -0.1) is 0 Å². The maximum atomic E-state index is 12.0. The summed E-state index contributed by atoms with van der Waals surface area (Å²) in [5, 5.41) is 0. The molecule has 5 nitrogen and oxygen atoms in total. The monoisotopic (exact) mass is 293 g/mol. The summed E-state index contributed by atoms with van der Waals surface area (Å²) in [6.45, 7) is 1.85. The third-order valence-corrected chi connectivity index (χ3v) is 4.71. The highest BCUT2D eigenvalue weighted by molar-refractivity contribution is 7.87. The molecule has 20 heavy (non-hydrogen) atoms. The van der Waals surface area contributed by atoms with Gasteiger partial charge in [0.1, 0.15) is 0 Å². The lowest BCUT2D eigenvalue weighted by Gasteiger charge is -2.16. The van der Waals surface area contributed by atoms with Crippen LogP contribution in [0.25, 0.3) is 0 Å². The number of nitrogens with one attached hydrogen (secondary N) is 1. The Hall–Kier alpha value is -1.39. The Kier molecular flexibility index (Phi) is 5.15. The van der Waals surface area contributed by atoms with E-state index in [2.05, 4.69) is 16.6 Å². The van der Waals surface area contributed by atoms with Gasteiger partial charge in [0.15, 0.2) is 0 Å². The molecular weight excluding hydrogens is 274 g/mol. The second kappa shape index (κ2) is 6.86. The van der Waals surface area contributed by atoms with E-state index in [4.69, 9.17) is 5.73 Å². The number of hydrogen-bond donors (Lipinski definition) is 2. The van der Waals surface area contributed by atoms with Gasteiger partial charge in [0.25, 0.3) is 10.2 Å². The zero-order chi connectivity index (χ0) is 14.4. The summed E-state index contributed by atoms with van der Waals surface area (Å²) in [4.78, 5) is 0. The lowest BCUT2D eigenvalue weighted by molar-refractivity contribution is 0.464. The van der Waals surface area contributed by atoms with Gasteiger partial charge in [-0.3, -0.25) is 0 Å². The maximum absolute atomic E-state index is 12.0. The molecule has 0 radical (unpaired) electrons. The number of hydrogen-bond acceptors (Lipinski definition) is 3. The highest BCUT2D eigenvalue weighted by Gasteiger charge is 2.24. The molecule has 1 fully saturated rings. The molecule has 1 aromatic carbocycles. The van der Waals surface area contributed by atoms with Gasteiger partial charge in [-0.2, -0.15) is 17.4 Å². The average molecular weight is 293 g/mol. The molecule has 0 bridgehead atoms. The quantitative estimate of drug-likeness (QED) is 0.790. The van der Waals surface area contributed by atoms with Gasteiger partial charge in [-0.05, 0) is 30.5 Å². The van der Waals surface area contributed by atoms with Crippen LogP contribution in [0.15, 0.2) is 24.3 Å². The van der Waals surface area contributed by atoms with Crippen molar-refractivity contribution in [2.75, 3.05) is 19.6 Å². The van der Waals surface area contributed by atoms with Crippen LogP contribution in [-0.2, 0) is 16.8 Å². The van der Waals surface area contributed by atoms with Crippen molar-refractivity contribution in [2.45, 2.75) is 19.4 Å². The zero-order valence-corrected chi connectivity index (χ0v) is 12.1. The number of rotatable bonds is 4. The Labute approximate surface area is 120 Å². The molecule has 0 amide bonds. The predicted octanol–water partition coefficient (Wildman–Crippen LogP) is 0.427. The van der Waals surface area contributed by atoms with Crippen LogP contribution in [0.5, 0.6) is 0 Å². The lowest BCUT2D eigenvalue weighted by atomic mass is 10.1. The summed E-state index contributed by atoms with van der Waals surface area (Å²) in [5.74, 6) is 5.70. The normalized spacial score (nSPS) is 15.8. The molecule has 0 aliphatic carbocycles. The van der Waals surface area contributed by atoms with E-state index in [0.29, 0.717) is 26.2 Å². The summed E-state index contributed by atoms with van der Waals surface area (Å²) in [7, 11) is -3.34. The summed E-state index contributed by atoms with van der Waals surface area (Å²) in [6.07, 6.45) is 1.88. The topological polar surface area (TPSA) is 75.4 Å². The van der Waals surface area contributed by atoms with Crippen molar-refractivity contribution in [2.24, 2.45) is 5.73 Å². The standard InChI is InChI=1S/C14H19N3O2S/c15-9-3-4-13-5-7-14(8-6-13)12-16-20(18,19)17-10-1-2-11-17/h5-8,16H,1-2,9-12,15H2. The Morgan fingerprint density at radius 1 is 1.20 bits per heavy atom. The van der Waals surface area contributed by atoms with Crippen LogP contribution in [-0.4, -0.2) is 32.4 Å². The molecule has 3 N–H and O–H groups in total. The van der Waals surface area contributed by atoms with Crippen molar-refractivity contribution in [3.05, 3.63) is 35.4 Å². The molecule has 6 heteroatoms. The third kappa shape index (κ3) is 4.05. The van der Waals surface area contributed by atoms with Crippen LogP contribution in [0.4, 0.5) is 0 Å². The van der Waals surface area contributed by atoms with Crippen molar-refractivity contribution in [1.29, 1.82) is 0 Å². The molecule has 0 unspecified atom stereocenters. The molecule has 2 rings (SSSR count). The Morgan fingerprint density at radius 3 is 2.45 bits per heavy atom. The fraction of sp³-hybridized carbons (Fsp3) is 0.429. The molecular formula is C14H19N3O2S. The van der Waals surface area contributed by atoms with Crippen molar-refractivity contribution in [1.82, 2.24) is 9.03 Å². The highest BCUT2D eigenvalue weighted by atomic mass is 32.2. The number of nitrogens with zero attached hydrogens (tertiary/aromatic N) is 1. The van der Waals surface area contributed by atoms with E-state index in [9.17, 15) is 8.42 Å². The highest BCUT2D eigenvalue weighted by Crippen LogP contribution is 2.12. The molecule has 1 aliphatic rings. The minimum atomic E-state index is -3.34. The van der Waals surface area contributed by atoms with E-state index in [1.54, 1.807) is 0 Å². The van der Waals surface area contributed by atoms with Crippen LogP contribution in [0.3, 0.4) is 0 Å². The first-order chi connectivity index (χ1) is 9.62. The van der Waals surface area contributed by atoms with Gasteiger partial charge < -0.3 is 5.73 Å². The Balaban J connectivity index is 1.93. The van der Waals surface area contributed by atoms with E-state index in [1.165, 1.54) is 4.31 Å². The SMILES string of the molecule is NCC#Cc1ccc(CNS(=O)(=O)N2CCCC2)cc1. The Morgan fingerprint density at radius 2 is 1.85 bits per heavy atom. The van der Waals surface area contributed by atoms with E-state index >= 15 is 0 Å². The molecule has 1 aliphatic heterocycles. The van der Waals surface area contributed by atoms with Crippen LogP contribution in [0.2, 0.25) is 0 Å². The van der Waals surface area contributed by atoms with E-state index in [0.717, 1.165) is 24.0 Å². The first-order valence-electron chi connectivity index (χ1n) is 6.64. The Bertz CT molecular complexity index is 594. The smallest absolute Gasteiger partial charge is 0.279 e. The van der Waals surface area contributed by atoms with Gasteiger partial charge in [0.2, 0.25) is 0 Å². The maximum Gasteiger partial charge on any atom is 0.279 e. The van der Waals surface area contributed by atoms with Crippen molar-refractivity contribution in [3.63, 3.8) is 0 Å². The molecule has 0 saturated carbocycles. The van der Waals surface area contributed by atoms with Crippen LogP contribution >= 0.6 is 0 Å². The molecule has 0 atom stereocenters. The van der Waals surface area contributed by atoms with Crippen molar-refractivity contribution in [3.8, 4) is 11.8 Å². The number of benzene rings is 1. The average Bonchev–Trinajstić information content (AvgIpc) is 2.99. The largest absolute Gasteiger partial charge is 0.320 e. The first kappa shape index (κ1) is 15.0. The predicted molar refractivity (Wildman–Crippen MR) is 78.9 cm³/mol. The first-order valence-corrected chi connectivity index (χ1v) is 8.08. The fourth-order valence-electron chi connectivity index (χ4n) is 2.05. The van der Waals surface area contributed by atoms with Gasteiger partial charge in [0, 0.05) is 25.2 Å². The van der Waals surface area contributed by atoms with Crippen LogP contribution < -0.4 is 10.5 Å². The molecule has 0 aromatic heterocycles. The minimum absolute atomic E-state index is 0.295. The summed E-state index contributed by atoms with van der Waals surface area (Å²) in [5.41, 5.74) is 7.09. The molecule has 1 aromatic rings. The van der Waals surface area contributed by atoms with E-state index < -0.39 is 10.2 Å². The third-order valence-electron chi connectivity index (χ3n) is 3.15. The van der Waals surface area contributed by atoms with E-state index in [-0.39, 0.29) is 0 Å². The van der Waals surface area contributed by atoms with Gasteiger partial charge in [0.05, 0.1) is 6.54 Å². The van der Waals surface area contributed by atoms with Gasteiger partial charge >= 0.3 is 0 Å². The summed E-state index contributed by atoms with van der Waals surface area (Å²) >= 11 is 0. The molecule has 1 heterocycles. The lowest BCUT2D eigenvalue weighted by Crippen LogP contribution is -2.38. The second-order valence-electron chi connectivity index (χ2n) is 4.64. The summed E-state index contributed by atoms with van der Waals surface area (Å²) in [6, 6.07) is 7.46. The number of nitrogens with two attached hydrogens (primary N) is 1. The molecule has 108 valence electrons. The van der Waals surface area contributed by atoms with Crippen LogP contribution in [0, 0.1) is 11.8 Å². The zero-order valence-electron chi connectivity index (χ0n) is 11.3. The van der Waals surface area contributed by atoms with Crippen LogP contribution in [0.1, 0.15) is 24.0 Å². The second-order valence-corrected chi connectivity index (χ2v) is 6.39. The van der Waals surface area contributed by atoms with Crippen molar-refractivity contribution >= 4 is 10.2 Å². The van der Waals surface area contributed by atoms with Gasteiger partial charge in [-0.25, -0.2) is 0 Å². The summed E-state index contributed by atoms with van der Waals surface area (Å²) < 4.78 is 28.1. The van der Waals surface area contributed by atoms with E-state index in [1.807, 2.05) is 24.3 Å². The van der Waals surface area contributed by atoms with Crippen molar-refractivity contribution < 1.29 is 8.42 Å². The minimum Gasteiger partial charge on any atom is -0.320 e. The fourth-order valence-corrected chi connectivity index (χ4v) is 3.32. The molecule has 1 saturated heterocycles. The van der Waals surface area contributed by atoms with Gasteiger partial charge in [-0.1, -0.05) is 24.0 Å².